The van der Waals surface area contributed by atoms with Gasteiger partial charge in [0.15, 0.2) is 18.2 Å². The fourth-order valence-corrected chi connectivity index (χ4v) is 3.02. The summed E-state index contributed by atoms with van der Waals surface area (Å²) >= 11 is 0. The van der Waals surface area contributed by atoms with Gasteiger partial charge in [0.1, 0.15) is 28.6 Å². The second-order valence-electron chi connectivity index (χ2n) is 5.07. The molecule has 9 heteroatoms. The van der Waals surface area contributed by atoms with Crippen molar-refractivity contribution in [2.45, 2.75) is 4.90 Å². The number of nitriles is 1. The van der Waals surface area contributed by atoms with Crippen LogP contribution < -0.4 is 9.88 Å². The molecule has 0 saturated carbocycles. The normalized spacial score (nSPS) is 11.4. The van der Waals surface area contributed by atoms with Crippen molar-refractivity contribution in [3.8, 4) is 22.9 Å². The van der Waals surface area contributed by atoms with Gasteiger partial charge in [-0.3, -0.25) is 0 Å². The molecule has 0 spiro atoms. The van der Waals surface area contributed by atoms with Gasteiger partial charge in [-0.25, -0.2) is 22.3 Å². The highest BCUT2D eigenvalue weighted by molar-refractivity contribution is 7.89. The lowest BCUT2D eigenvalue weighted by molar-refractivity contribution is 0.344. The van der Waals surface area contributed by atoms with Crippen LogP contribution in [0, 0.1) is 23.0 Å². The average molecular weight is 364 g/mol. The number of halogens is 2. The molecule has 0 aliphatic rings. The third kappa shape index (κ3) is 3.17. The molecular weight excluding hydrogens is 354 g/mol. The predicted molar refractivity (Wildman–Crippen MR) is 84.0 cm³/mol. The van der Waals surface area contributed by atoms with E-state index in [1.807, 2.05) is 0 Å². The Hall–Kier alpha value is -2.96. The number of nitrogens with zero attached hydrogens (tertiary/aromatic N) is 1. The molecule has 1 heterocycles. The number of benzene rings is 2. The lowest BCUT2D eigenvalue weighted by Gasteiger charge is -2.08. The highest BCUT2D eigenvalue weighted by atomic mass is 32.2. The zero-order chi connectivity index (χ0) is 18.2. The molecule has 1 aromatic heterocycles. The van der Waals surface area contributed by atoms with Crippen LogP contribution in [0.5, 0.6) is 5.75 Å². The molecule has 0 unspecified atom stereocenters. The molecule has 25 heavy (non-hydrogen) atoms. The molecule has 3 aromatic rings. The molecule has 0 aliphatic carbocycles. The SMILES string of the molecule is N#CCOc1cc(F)c(-c2ccc3c(S(N)(=O)=O)coc3c2)cc1F. The highest BCUT2D eigenvalue weighted by Crippen LogP contribution is 2.33. The van der Waals surface area contributed by atoms with Crippen molar-refractivity contribution in [2.24, 2.45) is 5.14 Å². The molecular formula is C16H10F2N2O4S. The standard InChI is InChI=1S/C16H10F2N2O4S/c17-12-7-15(23-4-3-19)13(18)6-11(12)9-1-2-10-14(5-9)24-8-16(10)25(20,21)22/h1-2,5-8H,4H2,(H2,20,21,22). The van der Waals surface area contributed by atoms with Gasteiger partial charge in [0.25, 0.3) is 0 Å². The maximum atomic E-state index is 14.3. The largest absolute Gasteiger partial charge is 0.476 e. The van der Waals surface area contributed by atoms with Gasteiger partial charge >= 0.3 is 0 Å². The van der Waals surface area contributed by atoms with E-state index in [-0.39, 0.29) is 32.7 Å². The topological polar surface area (TPSA) is 106 Å². The van der Waals surface area contributed by atoms with E-state index in [1.54, 1.807) is 6.07 Å². The van der Waals surface area contributed by atoms with Gasteiger partial charge in [-0.1, -0.05) is 6.07 Å². The van der Waals surface area contributed by atoms with Crippen molar-refractivity contribution in [1.29, 1.82) is 5.26 Å². The number of rotatable bonds is 4. The Balaban J connectivity index is 2.08. The summed E-state index contributed by atoms with van der Waals surface area (Å²) in [7, 11) is -3.96. The number of furan rings is 1. The quantitative estimate of drug-likeness (QED) is 0.766. The van der Waals surface area contributed by atoms with Crippen LogP contribution in [0.4, 0.5) is 8.78 Å². The molecule has 2 N–H and O–H groups in total. The first-order valence-electron chi connectivity index (χ1n) is 6.84. The number of hydrogen-bond acceptors (Lipinski definition) is 5. The van der Waals surface area contributed by atoms with Crippen molar-refractivity contribution >= 4 is 21.0 Å². The molecule has 0 atom stereocenters. The summed E-state index contributed by atoms with van der Waals surface area (Å²) in [5.41, 5.74) is 0.356. The Morgan fingerprint density at radius 1 is 1.20 bits per heavy atom. The van der Waals surface area contributed by atoms with E-state index in [1.165, 1.54) is 18.2 Å². The van der Waals surface area contributed by atoms with Crippen LogP contribution in [0.1, 0.15) is 0 Å². The molecule has 0 aliphatic heterocycles. The first-order valence-corrected chi connectivity index (χ1v) is 8.39. The summed E-state index contributed by atoms with van der Waals surface area (Å²) in [6, 6.07) is 7.61. The lowest BCUT2D eigenvalue weighted by atomic mass is 10.0. The smallest absolute Gasteiger partial charge is 0.241 e. The molecule has 3 rings (SSSR count). The van der Waals surface area contributed by atoms with Gasteiger partial charge in [0.2, 0.25) is 10.0 Å². The summed E-state index contributed by atoms with van der Waals surface area (Å²) in [5.74, 6) is -1.98. The number of hydrogen-bond donors (Lipinski definition) is 1. The average Bonchev–Trinajstić information content (AvgIpc) is 2.98. The van der Waals surface area contributed by atoms with Crippen LogP contribution >= 0.6 is 0 Å². The van der Waals surface area contributed by atoms with Gasteiger partial charge in [-0.15, -0.1) is 0 Å². The Morgan fingerprint density at radius 2 is 1.96 bits per heavy atom. The van der Waals surface area contributed by atoms with Crippen LogP contribution in [0.25, 0.3) is 22.1 Å². The first-order chi connectivity index (χ1) is 11.8. The zero-order valence-electron chi connectivity index (χ0n) is 12.5. The second kappa shape index (κ2) is 6.16. The van der Waals surface area contributed by atoms with Crippen LogP contribution in [0.15, 0.2) is 45.9 Å². The number of primary sulfonamides is 1. The fraction of sp³-hybridized carbons (Fsp3) is 0.0625. The molecule has 0 fully saturated rings. The molecule has 2 aromatic carbocycles. The van der Waals surface area contributed by atoms with E-state index in [0.29, 0.717) is 0 Å². The summed E-state index contributed by atoms with van der Waals surface area (Å²) in [6.45, 7) is -0.412. The molecule has 0 radical (unpaired) electrons. The molecule has 0 saturated heterocycles. The van der Waals surface area contributed by atoms with Crippen molar-refractivity contribution < 1.29 is 26.4 Å². The van der Waals surface area contributed by atoms with E-state index in [2.05, 4.69) is 0 Å². The highest BCUT2D eigenvalue weighted by Gasteiger charge is 2.18. The minimum Gasteiger partial charge on any atom is -0.476 e. The maximum Gasteiger partial charge on any atom is 0.241 e. The van der Waals surface area contributed by atoms with E-state index in [9.17, 15) is 17.2 Å². The van der Waals surface area contributed by atoms with E-state index >= 15 is 0 Å². The number of nitrogens with two attached hydrogens (primary N) is 1. The van der Waals surface area contributed by atoms with Crippen molar-refractivity contribution in [3.05, 3.63) is 48.2 Å². The third-order valence-corrected chi connectivity index (χ3v) is 4.40. The third-order valence-electron chi connectivity index (χ3n) is 3.47. The minimum atomic E-state index is -3.96. The molecule has 128 valence electrons. The van der Waals surface area contributed by atoms with Crippen LogP contribution in [-0.4, -0.2) is 15.0 Å². The number of fused-ring (bicyclic) bond motifs is 1. The van der Waals surface area contributed by atoms with Gasteiger partial charge in [0, 0.05) is 17.0 Å². The Bertz CT molecular complexity index is 1120. The Morgan fingerprint density at radius 3 is 2.64 bits per heavy atom. The summed E-state index contributed by atoms with van der Waals surface area (Å²) in [5, 5.41) is 13.7. The fourth-order valence-electron chi connectivity index (χ4n) is 2.36. The maximum absolute atomic E-state index is 14.3. The van der Waals surface area contributed by atoms with Gasteiger partial charge in [-0.2, -0.15) is 5.26 Å². The molecule has 6 nitrogen and oxygen atoms in total. The van der Waals surface area contributed by atoms with Crippen molar-refractivity contribution in [1.82, 2.24) is 0 Å². The van der Waals surface area contributed by atoms with E-state index < -0.39 is 28.3 Å². The molecule has 0 bridgehead atoms. The van der Waals surface area contributed by atoms with Crippen LogP contribution in [-0.2, 0) is 10.0 Å². The van der Waals surface area contributed by atoms with Crippen LogP contribution in [0.2, 0.25) is 0 Å². The van der Waals surface area contributed by atoms with Crippen molar-refractivity contribution in [3.63, 3.8) is 0 Å². The molecule has 0 amide bonds. The zero-order valence-corrected chi connectivity index (χ0v) is 13.3. The van der Waals surface area contributed by atoms with Gasteiger partial charge < -0.3 is 9.15 Å². The first kappa shape index (κ1) is 16.9. The van der Waals surface area contributed by atoms with E-state index in [0.717, 1.165) is 18.4 Å². The van der Waals surface area contributed by atoms with Crippen LogP contribution in [0.3, 0.4) is 0 Å². The summed E-state index contributed by atoms with van der Waals surface area (Å²) in [4.78, 5) is -0.194. The lowest BCUT2D eigenvalue weighted by Crippen LogP contribution is -2.11. The Labute approximate surface area is 141 Å². The second-order valence-corrected chi connectivity index (χ2v) is 6.60. The van der Waals surface area contributed by atoms with Gasteiger partial charge in [-0.05, 0) is 23.8 Å². The van der Waals surface area contributed by atoms with E-state index in [4.69, 9.17) is 19.6 Å². The monoisotopic (exact) mass is 364 g/mol. The number of ether oxygens (including phenoxy) is 1. The summed E-state index contributed by atoms with van der Waals surface area (Å²) in [6.07, 6.45) is 0.986. The minimum absolute atomic E-state index is 0.0720. The number of sulfonamides is 1. The van der Waals surface area contributed by atoms with Crippen molar-refractivity contribution in [2.75, 3.05) is 6.61 Å². The van der Waals surface area contributed by atoms with Gasteiger partial charge in [0.05, 0.1) is 0 Å². The Kier molecular flexibility index (Phi) is 4.16. The predicted octanol–water partition coefficient (Wildman–Crippen LogP) is 2.93. The summed E-state index contributed by atoms with van der Waals surface area (Å²) < 4.78 is 61.1.